The molecule has 2 atom stereocenters. The van der Waals surface area contributed by atoms with Gasteiger partial charge in [-0.25, -0.2) is 0 Å². The number of hydrogen-bond acceptors (Lipinski definition) is 1. The number of carbonyl (C=O) groups is 1. The molecule has 11 heavy (non-hydrogen) atoms. The summed E-state index contributed by atoms with van der Waals surface area (Å²) in [5, 5.41) is 0. The first-order valence-corrected chi connectivity index (χ1v) is 4.91. The summed E-state index contributed by atoms with van der Waals surface area (Å²) in [7, 11) is 0. The van der Waals surface area contributed by atoms with Crippen molar-refractivity contribution in [2.75, 3.05) is 0 Å². The third kappa shape index (κ3) is 1.33. The van der Waals surface area contributed by atoms with Gasteiger partial charge in [0.1, 0.15) is 5.78 Å². The van der Waals surface area contributed by atoms with Crippen molar-refractivity contribution in [2.45, 2.75) is 44.9 Å². The Morgan fingerprint density at radius 2 is 1.36 bits per heavy atom. The van der Waals surface area contributed by atoms with E-state index >= 15 is 0 Å². The second-order valence-corrected chi connectivity index (χ2v) is 4.01. The lowest BCUT2D eigenvalue weighted by molar-refractivity contribution is -0.124. The average molecular weight is 152 g/mol. The maximum absolute atomic E-state index is 11.6. The van der Waals surface area contributed by atoms with E-state index < -0.39 is 0 Å². The zero-order valence-corrected chi connectivity index (χ0v) is 7.01. The highest BCUT2D eigenvalue weighted by atomic mass is 16.1. The number of fused-ring (bicyclic) bond motifs is 2. The van der Waals surface area contributed by atoms with Crippen LogP contribution in [0.3, 0.4) is 0 Å². The SMILES string of the molecule is O=C1[C@@H]2CCCCC[C@@H]1CC2. The van der Waals surface area contributed by atoms with Crippen molar-refractivity contribution < 1.29 is 4.79 Å². The summed E-state index contributed by atoms with van der Waals surface area (Å²) in [6.07, 6.45) is 8.73. The van der Waals surface area contributed by atoms with Gasteiger partial charge in [0.15, 0.2) is 0 Å². The van der Waals surface area contributed by atoms with Crippen LogP contribution in [0, 0.1) is 11.8 Å². The van der Waals surface area contributed by atoms with Crippen LogP contribution in [0.1, 0.15) is 44.9 Å². The van der Waals surface area contributed by atoms with E-state index in [-0.39, 0.29) is 0 Å². The molecule has 0 unspecified atom stereocenters. The first kappa shape index (κ1) is 7.33. The van der Waals surface area contributed by atoms with Crippen LogP contribution in [-0.2, 0) is 4.79 Å². The molecule has 2 rings (SSSR count). The molecule has 2 fully saturated rings. The van der Waals surface area contributed by atoms with Gasteiger partial charge in [-0.3, -0.25) is 4.79 Å². The molecule has 0 aromatic rings. The largest absolute Gasteiger partial charge is 0.299 e. The number of ketones is 1. The third-order valence-electron chi connectivity index (χ3n) is 3.27. The van der Waals surface area contributed by atoms with Gasteiger partial charge in [0.25, 0.3) is 0 Å². The first-order valence-electron chi connectivity index (χ1n) is 4.91. The second kappa shape index (κ2) is 2.96. The van der Waals surface area contributed by atoms with Crippen molar-refractivity contribution >= 4 is 5.78 Å². The van der Waals surface area contributed by atoms with Gasteiger partial charge in [0, 0.05) is 11.8 Å². The van der Waals surface area contributed by atoms with Gasteiger partial charge in [-0.15, -0.1) is 0 Å². The fraction of sp³-hybridized carbons (Fsp3) is 0.900. The van der Waals surface area contributed by atoms with Gasteiger partial charge < -0.3 is 0 Å². The van der Waals surface area contributed by atoms with E-state index in [0.717, 1.165) is 0 Å². The monoisotopic (exact) mass is 152 g/mol. The molecule has 2 bridgehead atoms. The van der Waals surface area contributed by atoms with Crippen LogP contribution in [0.15, 0.2) is 0 Å². The Hall–Kier alpha value is -0.330. The Labute approximate surface area is 68.2 Å². The van der Waals surface area contributed by atoms with Crippen LogP contribution in [0.5, 0.6) is 0 Å². The summed E-state index contributed by atoms with van der Waals surface area (Å²) in [5.41, 5.74) is 0. The second-order valence-electron chi connectivity index (χ2n) is 4.01. The Morgan fingerprint density at radius 3 is 1.91 bits per heavy atom. The summed E-state index contributed by atoms with van der Waals surface area (Å²) in [5.74, 6) is 1.55. The molecule has 2 aliphatic carbocycles. The highest BCUT2D eigenvalue weighted by Gasteiger charge is 2.33. The molecule has 1 heteroatoms. The standard InChI is InChI=1S/C10H16O/c11-10-8-4-2-1-3-5-9(10)7-6-8/h8-9H,1-7H2/t8-,9-/m1/s1. The Balaban J connectivity index is 2.06. The molecule has 62 valence electrons. The zero-order valence-electron chi connectivity index (χ0n) is 7.01. The predicted octanol–water partition coefficient (Wildman–Crippen LogP) is 2.55. The first-order chi connectivity index (χ1) is 5.38. The molecule has 0 spiro atoms. The van der Waals surface area contributed by atoms with Gasteiger partial charge in [-0.1, -0.05) is 19.3 Å². The quantitative estimate of drug-likeness (QED) is 0.521. The summed E-state index contributed by atoms with van der Waals surface area (Å²) in [6, 6.07) is 0. The summed E-state index contributed by atoms with van der Waals surface area (Å²) in [6.45, 7) is 0. The average Bonchev–Trinajstić information content (AvgIpc) is 2.38. The number of hydrogen-bond donors (Lipinski definition) is 0. The van der Waals surface area contributed by atoms with Crippen molar-refractivity contribution in [3.8, 4) is 0 Å². The molecule has 2 saturated carbocycles. The van der Waals surface area contributed by atoms with Crippen LogP contribution < -0.4 is 0 Å². The molecule has 0 radical (unpaired) electrons. The summed E-state index contributed by atoms with van der Waals surface area (Å²) in [4.78, 5) is 11.6. The maximum Gasteiger partial charge on any atom is 0.139 e. The minimum absolute atomic E-state index is 0.472. The topological polar surface area (TPSA) is 17.1 Å². The molecular formula is C10H16O. The zero-order chi connectivity index (χ0) is 7.68. The normalized spacial score (nSPS) is 38.4. The number of Topliss-reactive ketones (excluding diaryl/α,β-unsaturated/α-hetero) is 1. The van der Waals surface area contributed by atoms with E-state index in [1.807, 2.05) is 0 Å². The van der Waals surface area contributed by atoms with E-state index in [1.165, 1.54) is 44.9 Å². The van der Waals surface area contributed by atoms with Gasteiger partial charge in [-0.2, -0.15) is 0 Å². The Morgan fingerprint density at radius 1 is 0.818 bits per heavy atom. The lowest BCUT2D eigenvalue weighted by Gasteiger charge is -2.13. The molecular weight excluding hydrogens is 136 g/mol. The van der Waals surface area contributed by atoms with Gasteiger partial charge in [-0.05, 0) is 25.7 Å². The molecule has 0 saturated heterocycles. The van der Waals surface area contributed by atoms with E-state index in [0.29, 0.717) is 17.6 Å². The predicted molar refractivity (Wildman–Crippen MR) is 44.3 cm³/mol. The fourth-order valence-corrected chi connectivity index (χ4v) is 2.55. The van der Waals surface area contributed by atoms with Gasteiger partial charge in [0.05, 0.1) is 0 Å². The summed E-state index contributed by atoms with van der Waals surface area (Å²) < 4.78 is 0. The molecule has 1 nitrogen and oxygen atoms in total. The van der Waals surface area contributed by atoms with Crippen LogP contribution in [0.2, 0.25) is 0 Å². The Bertz CT molecular complexity index is 146. The van der Waals surface area contributed by atoms with Crippen LogP contribution in [0.25, 0.3) is 0 Å². The van der Waals surface area contributed by atoms with E-state index in [2.05, 4.69) is 0 Å². The smallest absolute Gasteiger partial charge is 0.139 e. The molecule has 0 aromatic heterocycles. The van der Waals surface area contributed by atoms with Crippen molar-refractivity contribution in [2.24, 2.45) is 11.8 Å². The highest BCUT2D eigenvalue weighted by Crippen LogP contribution is 2.36. The molecule has 0 heterocycles. The van der Waals surface area contributed by atoms with Crippen LogP contribution in [-0.4, -0.2) is 5.78 Å². The van der Waals surface area contributed by atoms with Gasteiger partial charge in [0.2, 0.25) is 0 Å². The third-order valence-corrected chi connectivity index (χ3v) is 3.27. The highest BCUT2D eigenvalue weighted by molar-refractivity contribution is 5.85. The molecule has 0 amide bonds. The molecule has 0 aliphatic heterocycles. The van der Waals surface area contributed by atoms with Gasteiger partial charge >= 0.3 is 0 Å². The minimum atomic E-state index is 0.472. The van der Waals surface area contributed by atoms with E-state index in [1.54, 1.807) is 0 Å². The molecule has 0 aromatic carbocycles. The molecule has 2 aliphatic rings. The van der Waals surface area contributed by atoms with Crippen molar-refractivity contribution in [1.82, 2.24) is 0 Å². The van der Waals surface area contributed by atoms with Crippen molar-refractivity contribution in [3.63, 3.8) is 0 Å². The van der Waals surface area contributed by atoms with Crippen LogP contribution in [0.4, 0.5) is 0 Å². The van der Waals surface area contributed by atoms with Crippen molar-refractivity contribution in [1.29, 1.82) is 0 Å². The van der Waals surface area contributed by atoms with E-state index in [4.69, 9.17) is 0 Å². The number of rotatable bonds is 0. The number of carbonyl (C=O) groups excluding carboxylic acids is 1. The lowest BCUT2D eigenvalue weighted by atomic mass is 9.90. The minimum Gasteiger partial charge on any atom is -0.299 e. The fourth-order valence-electron chi connectivity index (χ4n) is 2.55. The maximum atomic E-state index is 11.6. The Kier molecular flexibility index (Phi) is 1.97. The van der Waals surface area contributed by atoms with E-state index in [9.17, 15) is 4.79 Å². The molecule has 0 N–H and O–H groups in total. The summed E-state index contributed by atoms with van der Waals surface area (Å²) >= 11 is 0. The van der Waals surface area contributed by atoms with Crippen molar-refractivity contribution in [3.05, 3.63) is 0 Å². The lowest BCUT2D eigenvalue weighted by Crippen LogP contribution is -2.15. The van der Waals surface area contributed by atoms with Crippen LogP contribution >= 0.6 is 0 Å².